The van der Waals surface area contributed by atoms with Gasteiger partial charge in [0.05, 0.1) is 0 Å². The highest BCUT2D eigenvalue weighted by molar-refractivity contribution is 5.85. The normalized spacial score (nSPS) is 26.1. The number of ether oxygens (including phenoxy) is 1. The van der Waals surface area contributed by atoms with E-state index in [-0.39, 0.29) is 18.4 Å². The van der Waals surface area contributed by atoms with E-state index >= 15 is 0 Å². The van der Waals surface area contributed by atoms with Gasteiger partial charge in [-0.1, -0.05) is 25.5 Å². The number of hydrogen-bond acceptors (Lipinski definition) is 3. The molecule has 3 unspecified atom stereocenters. The summed E-state index contributed by atoms with van der Waals surface area (Å²) < 4.78 is 5.55. The maximum absolute atomic E-state index is 12.4. The zero-order valence-electron chi connectivity index (χ0n) is 13.4. The van der Waals surface area contributed by atoms with Crippen LogP contribution in [-0.4, -0.2) is 41.1 Å². The fourth-order valence-electron chi connectivity index (χ4n) is 3.93. The molecule has 2 aliphatic rings. The third-order valence-electron chi connectivity index (χ3n) is 5.16. The number of aliphatic carboxylic acids is 1. The number of likely N-dealkylation sites (tertiary alicyclic amines) is 1. The maximum atomic E-state index is 12.4. The first kappa shape index (κ1) is 15.8. The molecule has 1 aromatic rings. The van der Waals surface area contributed by atoms with Gasteiger partial charge in [-0.3, -0.25) is 4.79 Å². The van der Waals surface area contributed by atoms with Crippen molar-refractivity contribution in [1.82, 2.24) is 4.90 Å². The van der Waals surface area contributed by atoms with Gasteiger partial charge >= 0.3 is 5.97 Å². The minimum atomic E-state index is -0.889. The smallest absolute Gasteiger partial charge is 0.326 e. The molecular weight excluding hydrogens is 294 g/mol. The monoisotopic (exact) mass is 317 g/mol. The Balaban J connectivity index is 1.61. The van der Waals surface area contributed by atoms with Crippen molar-refractivity contribution in [2.75, 3.05) is 13.2 Å². The van der Waals surface area contributed by atoms with Crippen molar-refractivity contribution in [1.29, 1.82) is 0 Å². The number of carboxylic acid groups (broad SMARTS) is 1. The average molecular weight is 317 g/mol. The molecule has 1 N–H and O–H groups in total. The van der Waals surface area contributed by atoms with Crippen LogP contribution in [0.5, 0.6) is 5.75 Å². The third kappa shape index (κ3) is 3.19. The van der Waals surface area contributed by atoms with E-state index in [1.54, 1.807) is 0 Å². The van der Waals surface area contributed by atoms with E-state index in [2.05, 4.69) is 6.92 Å². The summed E-state index contributed by atoms with van der Waals surface area (Å²) in [5.41, 5.74) is 1.21. The summed E-state index contributed by atoms with van der Waals surface area (Å²) >= 11 is 0. The lowest BCUT2D eigenvalue weighted by atomic mass is 9.94. The van der Waals surface area contributed by atoms with E-state index in [0.717, 1.165) is 25.7 Å². The molecule has 0 radical (unpaired) electrons. The SMILES string of the molecule is CCc1ccc(OCC(=O)N2CC3CCCC3C2C(=O)O)cc1. The number of hydrogen-bond donors (Lipinski definition) is 1. The molecule has 23 heavy (non-hydrogen) atoms. The van der Waals surface area contributed by atoms with Gasteiger partial charge in [-0.25, -0.2) is 4.79 Å². The van der Waals surface area contributed by atoms with Gasteiger partial charge in [0.15, 0.2) is 6.61 Å². The molecule has 0 spiro atoms. The lowest BCUT2D eigenvalue weighted by molar-refractivity contribution is -0.150. The summed E-state index contributed by atoms with van der Waals surface area (Å²) in [6, 6.07) is 6.96. The predicted octanol–water partition coefficient (Wildman–Crippen LogP) is 2.34. The van der Waals surface area contributed by atoms with Crippen molar-refractivity contribution in [3.05, 3.63) is 29.8 Å². The highest BCUT2D eigenvalue weighted by Gasteiger charge is 2.49. The second kappa shape index (κ2) is 6.60. The molecule has 1 heterocycles. The molecule has 1 saturated carbocycles. The maximum Gasteiger partial charge on any atom is 0.326 e. The molecule has 2 fully saturated rings. The Labute approximate surface area is 136 Å². The molecule has 5 heteroatoms. The lowest BCUT2D eigenvalue weighted by Crippen LogP contribution is -2.45. The summed E-state index contributed by atoms with van der Waals surface area (Å²) in [5.74, 6) is -0.0302. The van der Waals surface area contributed by atoms with Gasteiger partial charge in [0, 0.05) is 6.54 Å². The Bertz CT molecular complexity index is 583. The Hall–Kier alpha value is -2.04. The Kier molecular flexibility index (Phi) is 4.55. The van der Waals surface area contributed by atoms with E-state index < -0.39 is 12.0 Å². The molecule has 1 aliphatic carbocycles. The molecular formula is C18H23NO4. The number of amides is 1. The van der Waals surface area contributed by atoms with Crippen molar-refractivity contribution in [3.63, 3.8) is 0 Å². The summed E-state index contributed by atoms with van der Waals surface area (Å²) in [5, 5.41) is 9.49. The lowest BCUT2D eigenvalue weighted by Gasteiger charge is -2.24. The number of carbonyl (C=O) groups excluding carboxylic acids is 1. The molecule has 1 aromatic carbocycles. The highest BCUT2D eigenvalue weighted by Crippen LogP contribution is 2.42. The van der Waals surface area contributed by atoms with E-state index in [4.69, 9.17) is 4.74 Å². The summed E-state index contributed by atoms with van der Waals surface area (Å²) in [4.78, 5) is 25.5. The highest BCUT2D eigenvalue weighted by atomic mass is 16.5. The minimum absolute atomic E-state index is 0.102. The van der Waals surface area contributed by atoms with Gasteiger partial charge < -0.3 is 14.7 Å². The number of nitrogens with zero attached hydrogens (tertiary/aromatic N) is 1. The van der Waals surface area contributed by atoms with Crippen LogP contribution in [0.4, 0.5) is 0 Å². The largest absolute Gasteiger partial charge is 0.484 e. The number of carboxylic acids is 1. The second-order valence-corrected chi connectivity index (χ2v) is 6.47. The zero-order valence-corrected chi connectivity index (χ0v) is 13.4. The quantitative estimate of drug-likeness (QED) is 0.905. The van der Waals surface area contributed by atoms with Crippen molar-refractivity contribution in [3.8, 4) is 5.75 Å². The first-order valence-electron chi connectivity index (χ1n) is 8.34. The molecule has 3 rings (SSSR count). The number of carbonyl (C=O) groups is 2. The summed E-state index contributed by atoms with van der Waals surface area (Å²) in [7, 11) is 0. The van der Waals surface area contributed by atoms with E-state index in [1.807, 2.05) is 24.3 Å². The van der Waals surface area contributed by atoms with Gasteiger partial charge in [-0.05, 0) is 48.8 Å². The van der Waals surface area contributed by atoms with Crippen LogP contribution in [0.3, 0.4) is 0 Å². The van der Waals surface area contributed by atoms with E-state index in [1.165, 1.54) is 10.5 Å². The molecule has 1 amide bonds. The molecule has 1 saturated heterocycles. The van der Waals surface area contributed by atoms with Crippen LogP contribution in [-0.2, 0) is 16.0 Å². The van der Waals surface area contributed by atoms with E-state index in [0.29, 0.717) is 18.2 Å². The number of benzene rings is 1. The number of aryl methyl sites for hydroxylation is 1. The minimum Gasteiger partial charge on any atom is -0.484 e. The standard InChI is InChI=1S/C18H23NO4/c1-2-12-6-8-14(9-7-12)23-11-16(20)19-10-13-4-3-5-15(13)17(19)18(21)22/h6-9,13,15,17H,2-5,10-11H2,1H3,(H,21,22). The van der Waals surface area contributed by atoms with Crippen LogP contribution in [0.1, 0.15) is 31.7 Å². The fraction of sp³-hybridized carbons (Fsp3) is 0.556. The van der Waals surface area contributed by atoms with Crippen molar-refractivity contribution >= 4 is 11.9 Å². The van der Waals surface area contributed by atoms with Crippen LogP contribution in [0.15, 0.2) is 24.3 Å². The second-order valence-electron chi connectivity index (χ2n) is 6.47. The van der Waals surface area contributed by atoms with Crippen LogP contribution in [0, 0.1) is 11.8 Å². The average Bonchev–Trinajstić information content (AvgIpc) is 3.13. The predicted molar refractivity (Wildman–Crippen MR) is 85.3 cm³/mol. The third-order valence-corrected chi connectivity index (χ3v) is 5.16. The topological polar surface area (TPSA) is 66.8 Å². The summed E-state index contributed by atoms with van der Waals surface area (Å²) in [6.45, 7) is 2.53. The van der Waals surface area contributed by atoms with Crippen LogP contribution in [0.2, 0.25) is 0 Å². The Morgan fingerprint density at radius 2 is 2.00 bits per heavy atom. The molecule has 124 valence electrons. The molecule has 5 nitrogen and oxygen atoms in total. The first-order chi connectivity index (χ1) is 11.1. The Morgan fingerprint density at radius 1 is 1.26 bits per heavy atom. The van der Waals surface area contributed by atoms with Crippen LogP contribution < -0.4 is 4.74 Å². The van der Waals surface area contributed by atoms with Crippen LogP contribution >= 0.6 is 0 Å². The van der Waals surface area contributed by atoms with Crippen molar-refractivity contribution < 1.29 is 19.4 Å². The van der Waals surface area contributed by atoms with Gasteiger partial charge in [-0.2, -0.15) is 0 Å². The number of rotatable bonds is 5. The zero-order chi connectivity index (χ0) is 16.4. The van der Waals surface area contributed by atoms with Gasteiger partial charge in [0.1, 0.15) is 11.8 Å². The van der Waals surface area contributed by atoms with Crippen LogP contribution in [0.25, 0.3) is 0 Å². The van der Waals surface area contributed by atoms with Crippen molar-refractivity contribution in [2.45, 2.75) is 38.6 Å². The molecule has 3 atom stereocenters. The van der Waals surface area contributed by atoms with Gasteiger partial charge in [0.2, 0.25) is 0 Å². The van der Waals surface area contributed by atoms with E-state index in [9.17, 15) is 14.7 Å². The Morgan fingerprint density at radius 3 is 2.65 bits per heavy atom. The molecule has 0 bridgehead atoms. The van der Waals surface area contributed by atoms with Gasteiger partial charge in [-0.15, -0.1) is 0 Å². The molecule has 0 aromatic heterocycles. The first-order valence-corrected chi connectivity index (χ1v) is 8.34. The number of fused-ring (bicyclic) bond motifs is 1. The molecule has 1 aliphatic heterocycles. The van der Waals surface area contributed by atoms with Crippen molar-refractivity contribution in [2.24, 2.45) is 11.8 Å². The fourth-order valence-corrected chi connectivity index (χ4v) is 3.93. The van der Waals surface area contributed by atoms with Gasteiger partial charge in [0.25, 0.3) is 5.91 Å². The summed E-state index contributed by atoms with van der Waals surface area (Å²) in [6.07, 6.45) is 3.96.